The topological polar surface area (TPSA) is 112 Å². The van der Waals surface area contributed by atoms with Gasteiger partial charge in [-0.25, -0.2) is 0 Å². The first-order valence-electron chi connectivity index (χ1n) is 17.5. The van der Waals surface area contributed by atoms with E-state index in [1.54, 1.807) is 24.3 Å². The molecule has 0 aliphatic carbocycles. The van der Waals surface area contributed by atoms with Gasteiger partial charge in [0.2, 0.25) is 0 Å². The number of benzene rings is 2. The van der Waals surface area contributed by atoms with Crippen LogP contribution < -0.4 is 9.47 Å². The number of phenolic OH excluding ortho intramolecular Hbond substituents is 2. The lowest BCUT2D eigenvalue weighted by atomic mass is 9.82. The molecule has 2 aromatic carbocycles. The van der Waals surface area contributed by atoms with E-state index < -0.39 is 17.9 Å². The van der Waals surface area contributed by atoms with Crippen LogP contribution in [0.3, 0.4) is 0 Å². The van der Waals surface area contributed by atoms with Crippen LogP contribution in [0.5, 0.6) is 23.0 Å². The molecule has 1 saturated heterocycles. The molecule has 46 heavy (non-hydrogen) atoms. The zero-order chi connectivity index (χ0) is 33.1. The molecule has 2 aromatic rings. The Bertz CT molecular complexity index is 1200. The second-order valence-electron chi connectivity index (χ2n) is 12.7. The number of carbonyl (C=O) groups is 2. The first-order chi connectivity index (χ1) is 22.4. The Balaban J connectivity index is 1.49. The molecule has 1 aliphatic heterocycles. The third-order valence-corrected chi connectivity index (χ3v) is 9.10. The van der Waals surface area contributed by atoms with Gasteiger partial charge in [0, 0.05) is 12.3 Å². The van der Waals surface area contributed by atoms with Crippen LogP contribution in [0.25, 0.3) is 0 Å². The Hall–Kier alpha value is -3.42. The van der Waals surface area contributed by atoms with E-state index in [1.807, 2.05) is 0 Å². The third kappa shape index (κ3) is 12.1. The highest BCUT2D eigenvalue weighted by molar-refractivity contribution is 5.76. The molecule has 0 spiro atoms. The Labute approximate surface area is 275 Å². The first kappa shape index (κ1) is 37.0. The van der Waals surface area contributed by atoms with E-state index in [4.69, 9.17) is 18.9 Å². The molecular weight excluding hydrogens is 584 g/mol. The summed E-state index contributed by atoms with van der Waals surface area (Å²) in [5.74, 6) is -1.17. The van der Waals surface area contributed by atoms with Gasteiger partial charge in [-0.05, 0) is 48.2 Å². The van der Waals surface area contributed by atoms with Crippen molar-refractivity contribution in [1.29, 1.82) is 0 Å². The van der Waals surface area contributed by atoms with Gasteiger partial charge >= 0.3 is 11.9 Å². The molecule has 3 rings (SSSR count). The highest BCUT2D eigenvalue weighted by atomic mass is 16.6. The average molecular weight is 641 g/mol. The predicted octanol–water partition coefficient (Wildman–Crippen LogP) is 8.99. The average Bonchev–Trinajstić information content (AvgIpc) is 3.41. The summed E-state index contributed by atoms with van der Waals surface area (Å²) in [7, 11) is 2.93. The molecule has 256 valence electrons. The van der Waals surface area contributed by atoms with Crippen molar-refractivity contribution in [2.24, 2.45) is 11.8 Å². The first-order valence-corrected chi connectivity index (χ1v) is 17.5. The number of phenols is 2. The normalized spacial score (nSPS) is 16.6. The van der Waals surface area contributed by atoms with Crippen molar-refractivity contribution in [1.82, 2.24) is 0 Å². The van der Waals surface area contributed by atoms with Gasteiger partial charge in [0.05, 0.1) is 26.7 Å². The van der Waals surface area contributed by atoms with Crippen molar-refractivity contribution in [3.8, 4) is 23.0 Å². The second-order valence-corrected chi connectivity index (χ2v) is 12.7. The predicted molar refractivity (Wildman–Crippen MR) is 179 cm³/mol. The molecule has 0 bridgehead atoms. The minimum absolute atomic E-state index is 0.0126. The summed E-state index contributed by atoms with van der Waals surface area (Å²) in [4.78, 5) is 26.1. The summed E-state index contributed by atoms with van der Waals surface area (Å²) in [6, 6.07) is 9.79. The van der Waals surface area contributed by atoms with Crippen molar-refractivity contribution in [2.45, 2.75) is 122 Å². The molecule has 8 heteroatoms. The molecule has 3 atom stereocenters. The van der Waals surface area contributed by atoms with Gasteiger partial charge in [-0.2, -0.15) is 0 Å². The van der Waals surface area contributed by atoms with Crippen LogP contribution in [0.15, 0.2) is 36.4 Å². The third-order valence-electron chi connectivity index (χ3n) is 9.10. The quantitative estimate of drug-likeness (QED) is 0.0914. The summed E-state index contributed by atoms with van der Waals surface area (Å²) < 4.78 is 22.1. The van der Waals surface area contributed by atoms with Crippen molar-refractivity contribution < 1.29 is 38.7 Å². The zero-order valence-corrected chi connectivity index (χ0v) is 28.3. The largest absolute Gasteiger partial charge is 0.504 e. The van der Waals surface area contributed by atoms with Gasteiger partial charge < -0.3 is 29.2 Å². The van der Waals surface area contributed by atoms with Crippen LogP contribution in [-0.2, 0) is 25.5 Å². The van der Waals surface area contributed by atoms with E-state index in [9.17, 15) is 19.8 Å². The number of ether oxygens (including phenoxy) is 4. The molecule has 1 aliphatic rings. The number of cyclic esters (lactones) is 1. The van der Waals surface area contributed by atoms with Crippen molar-refractivity contribution in [2.75, 3.05) is 20.8 Å². The van der Waals surface area contributed by atoms with Gasteiger partial charge in [0.25, 0.3) is 0 Å². The Kier molecular flexibility index (Phi) is 16.6. The van der Waals surface area contributed by atoms with Crippen LogP contribution >= 0.6 is 0 Å². The van der Waals surface area contributed by atoms with Gasteiger partial charge in [-0.15, -0.1) is 0 Å². The standard InChI is InChI=1S/C38H56O8/c1-4-5-6-7-8-9-10-11-12-13-14-15-16-17-18-19-36(41)46-37(29-21-23-33(40)35(26-29)44-3)31-27-45-38(42)30(31)24-28-20-22-32(39)34(25-28)43-2/h20-23,25-26,30-31,37,39-40H,4-19,24,27H2,1-3H3/t30-,31+,37+/m1/s1. The molecule has 0 saturated carbocycles. The van der Waals surface area contributed by atoms with Crippen molar-refractivity contribution in [3.05, 3.63) is 47.5 Å². The van der Waals surface area contributed by atoms with Crippen LogP contribution in [0.2, 0.25) is 0 Å². The summed E-state index contributed by atoms with van der Waals surface area (Å²) in [5, 5.41) is 20.2. The van der Waals surface area contributed by atoms with E-state index in [0.29, 0.717) is 24.2 Å². The summed E-state index contributed by atoms with van der Waals surface area (Å²) in [5.41, 5.74) is 1.41. The van der Waals surface area contributed by atoms with E-state index in [0.717, 1.165) is 24.8 Å². The zero-order valence-electron chi connectivity index (χ0n) is 28.3. The van der Waals surface area contributed by atoms with E-state index in [1.165, 1.54) is 103 Å². The lowest BCUT2D eigenvalue weighted by molar-refractivity contribution is -0.153. The highest BCUT2D eigenvalue weighted by Crippen LogP contribution is 2.41. The fraction of sp³-hybridized carbons (Fsp3) is 0.632. The monoisotopic (exact) mass is 640 g/mol. The number of hydrogen-bond acceptors (Lipinski definition) is 8. The van der Waals surface area contributed by atoms with Crippen LogP contribution in [0, 0.1) is 11.8 Å². The minimum atomic E-state index is -0.770. The number of rotatable bonds is 23. The van der Waals surface area contributed by atoms with Crippen LogP contribution in [0.1, 0.15) is 127 Å². The van der Waals surface area contributed by atoms with E-state index in [2.05, 4.69) is 6.92 Å². The lowest BCUT2D eigenvalue weighted by Crippen LogP contribution is -2.28. The van der Waals surface area contributed by atoms with Crippen molar-refractivity contribution in [3.63, 3.8) is 0 Å². The van der Waals surface area contributed by atoms with Gasteiger partial charge in [-0.1, -0.05) is 109 Å². The molecule has 8 nitrogen and oxygen atoms in total. The SMILES string of the molecule is CCCCCCCCCCCCCCCCCC(=O)O[C@@H](c1ccc(O)c(OC)c1)[C@H]1COC(=O)[C@@H]1Cc1ccc(O)c(OC)c1. The lowest BCUT2D eigenvalue weighted by Gasteiger charge is -2.27. The fourth-order valence-corrected chi connectivity index (χ4v) is 6.33. The Morgan fingerprint density at radius 1 is 0.783 bits per heavy atom. The molecule has 0 radical (unpaired) electrons. The number of unbranched alkanes of at least 4 members (excludes halogenated alkanes) is 14. The summed E-state index contributed by atoms with van der Waals surface area (Å²) in [6.45, 7) is 2.36. The smallest absolute Gasteiger partial charge is 0.309 e. The second kappa shape index (κ2) is 20.7. The number of hydrogen-bond donors (Lipinski definition) is 2. The molecule has 0 aromatic heterocycles. The fourth-order valence-electron chi connectivity index (χ4n) is 6.33. The summed E-state index contributed by atoms with van der Waals surface area (Å²) in [6.07, 6.45) is 18.6. The molecule has 2 N–H and O–H groups in total. The number of aromatic hydroxyl groups is 2. The number of carbonyl (C=O) groups excluding carboxylic acids is 2. The highest BCUT2D eigenvalue weighted by Gasteiger charge is 2.44. The van der Waals surface area contributed by atoms with E-state index in [-0.39, 0.29) is 35.8 Å². The van der Waals surface area contributed by atoms with Gasteiger partial charge in [0.15, 0.2) is 23.0 Å². The van der Waals surface area contributed by atoms with Crippen LogP contribution in [0.4, 0.5) is 0 Å². The Morgan fingerprint density at radius 2 is 1.30 bits per heavy atom. The maximum atomic E-state index is 13.1. The van der Waals surface area contributed by atoms with Crippen LogP contribution in [-0.4, -0.2) is 43.0 Å². The maximum absolute atomic E-state index is 13.1. The van der Waals surface area contributed by atoms with Gasteiger partial charge in [0.1, 0.15) is 6.10 Å². The maximum Gasteiger partial charge on any atom is 0.309 e. The molecule has 1 heterocycles. The van der Waals surface area contributed by atoms with E-state index >= 15 is 0 Å². The molecule has 0 unspecified atom stereocenters. The summed E-state index contributed by atoms with van der Waals surface area (Å²) >= 11 is 0. The minimum Gasteiger partial charge on any atom is -0.504 e. The molecule has 1 fully saturated rings. The van der Waals surface area contributed by atoms with Gasteiger partial charge in [-0.3, -0.25) is 9.59 Å². The molecule has 0 amide bonds. The van der Waals surface area contributed by atoms with Crippen molar-refractivity contribution >= 4 is 11.9 Å². The number of methoxy groups -OCH3 is 2. The molecular formula is C38H56O8. The number of esters is 2. The Morgan fingerprint density at radius 3 is 1.87 bits per heavy atom.